The molecule has 0 amide bonds. The van der Waals surface area contributed by atoms with Crippen LogP contribution in [0.4, 0.5) is 0 Å². The molecule has 0 saturated carbocycles. The Kier molecular flexibility index (Phi) is 5.05. The van der Waals surface area contributed by atoms with Gasteiger partial charge in [0.25, 0.3) is 0 Å². The Hall–Kier alpha value is -1.43. The molecule has 0 aliphatic heterocycles. The van der Waals surface area contributed by atoms with Gasteiger partial charge in [-0.2, -0.15) is 5.10 Å². The van der Waals surface area contributed by atoms with E-state index in [1.54, 1.807) is 0 Å². The van der Waals surface area contributed by atoms with Crippen molar-refractivity contribution in [3.63, 3.8) is 0 Å². The van der Waals surface area contributed by atoms with Crippen molar-refractivity contribution in [3.8, 4) is 0 Å². The van der Waals surface area contributed by atoms with Crippen LogP contribution in [0.2, 0.25) is 0 Å². The minimum Gasteiger partial charge on any atom is -0.468 e. The van der Waals surface area contributed by atoms with Crippen LogP contribution < -0.4 is 5.32 Å². The third-order valence-electron chi connectivity index (χ3n) is 3.23. The van der Waals surface area contributed by atoms with Crippen molar-refractivity contribution in [2.75, 3.05) is 13.7 Å². The molecule has 6 heteroatoms. The molecule has 0 aromatic carbocycles. The van der Waals surface area contributed by atoms with Crippen molar-refractivity contribution in [3.05, 3.63) is 11.6 Å². The topological polar surface area (TPSA) is 69.0 Å². The van der Waals surface area contributed by atoms with E-state index in [-0.39, 0.29) is 12.0 Å². The monoisotopic (exact) mass is 268 g/mol. The van der Waals surface area contributed by atoms with Gasteiger partial charge in [-0.1, -0.05) is 6.92 Å². The van der Waals surface area contributed by atoms with Gasteiger partial charge in [0, 0.05) is 0 Å². The van der Waals surface area contributed by atoms with Gasteiger partial charge in [-0.05, 0) is 40.7 Å². The lowest BCUT2D eigenvalue weighted by atomic mass is 9.93. The molecule has 0 radical (unpaired) electrons. The quantitative estimate of drug-likeness (QED) is 0.790. The molecule has 1 heterocycles. The van der Waals surface area contributed by atoms with E-state index in [1.807, 2.05) is 39.3 Å². The van der Waals surface area contributed by atoms with Gasteiger partial charge in [0.05, 0.1) is 13.2 Å². The summed E-state index contributed by atoms with van der Waals surface area (Å²) in [5.74, 6) is 1.34. The SMILES string of the molecule is CCNC(C)(CC(C)n1nc(C)nc1C)C(=O)OC. The van der Waals surface area contributed by atoms with Crippen molar-refractivity contribution in [2.24, 2.45) is 0 Å². The van der Waals surface area contributed by atoms with E-state index in [2.05, 4.69) is 15.4 Å². The third kappa shape index (κ3) is 3.53. The zero-order valence-corrected chi connectivity index (χ0v) is 12.6. The lowest BCUT2D eigenvalue weighted by molar-refractivity contribution is -0.148. The molecule has 0 aliphatic carbocycles. The summed E-state index contributed by atoms with van der Waals surface area (Å²) in [6, 6.07) is 0.0596. The van der Waals surface area contributed by atoms with Gasteiger partial charge in [0.2, 0.25) is 0 Å². The van der Waals surface area contributed by atoms with E-state index in [4.69, 9.17) is 4.74 Å². The first kappa shape index (κ1) is 15.6. The van der Waals surface area contributed by atoms with Gasteiger partial charge in [-0.25, -0.2) is 9.67 Å². The van der Waals surface area contributed by atoms with Crippen LogP contribution in [0.3, 0.4) is 0 Å². The second kappa shape index (κ2) is 6.14. The Morgan fingerprint density at radius 2 is 2.16 bits per heavy atom. The molecule has 0 aliphatic rings. The van der Waals surface area contributed by atoms with Crippen molar-refractivity contribution >= 4 is 5.97 Å². The maximum atomic E-state index is 12.0. The van der Waals surface area contributed by atoms with E-state index >= 15 is 0 Å². The van der Waals surface area contributed by atoms with Crippen LogP contribution in [-0.2, 0) is 9.53 Å². The fourth-order valence-corrected chi connectivity index (χ4v) is 2.47. The standard InChI is InChI=1S/C13H24N4O2/c1-7-14-13(5,12(18)19-6)8-9(2)17-11(4)15-10(3)16-17/h9,14H,7-8H2,1-6H3. The van der Waals surface area contributed by atoms with Crippen molar-refractivity contribution in [2.45, 2.75) is 52.6 Å². The Balaban J connectivity index is 2.90. The number of hydrogen-bond acceptors (Lipinski definition) is 5. The molecular formula is C13H24N4O2. The van der Waals surface area contributed by atoms with Crippen molar-refractivity contribution < 1.29 is 9.53 Å². The largest absolute Gasteiger partial charge is 0.468 e. The minimum atomic E-state index is -0.713. The summed E-state index contributed by atoms with van der Waals surface area (Å²) in [4.78, 5) is 16.2. The molecule has 6 nitrogen and oxygen atoms in total. The molecule has 1 aromatic heterocycles. The Morgan fingerprint density at radius 3 is 2.58 bits per heavy atom. The maximum absolute atomic E-state index is 12.0. The van der Waals surface area contributed by atoms with E-state index in [0.29, 0.717) is 13.0 Å². The summed E-state index contributed by atoms with van der Waals surface area (Å²) >= 11 is 0. The van der Waals surface area contributed by atoms with Crippen molar-refractivity contribution in [1.82, 2.24) is 20.1 Å². The van der Waals surface area contributed by atoms with E-state index in [9.17, 15) is 4.79 Å². The molecular weight excluding hydrogens is 244 g/mol. The predicted octanol–water partition coefficient (Wildman–Crippen LogP) is 1.39. The molecule has 1 N–H and O–H groups in total. The number of rotatable bonds is 6. The zero-order valence-electron chi connectivity index (χ0n) is 12.6. The molecule has 19 heavy (non-hydrogen) atoms. The molecule has 0 fully saturated rings. The smallest absolute Gasteiger partial charge is 0.325 e. The van der Waals surface area contributed by atoms with Gasteiger partial charge in [-0.15, -0.1) is 0 Å². The van der Waals surface area contributed by atoms with Gasteiger partial charge in [-0.3, -0.25) is 4.79 Å². The lowest BCUT2D eigenvalue weighted by Crippen LogP contribution is -2.51. The molecule has 1 aromatic rings. The summed E-state index contributed by atoms with van der Waals surface area (Å²) in [6.07, 6.45) is 0.594. The Labute approximate surface area is 114 Å². The number of hydrogen-bond donors (Lipinski definition) is 1. The fraction of sp³-hybridized carbons (Fsp3) is 0.769. The summed E-state index contributed by atoms with van der Waals surface area (Å²) in [7, 11) is 1.41. The zero-order chi connectivity index (χ0) is 14.6. The van der Waals surface area contributed by atoms with Gasteiger partial charge >= 0.3 is 5.97 Å². The lowest BCUT2D eigenvalue weighted by Gasteiger charge is -2.30. The number of nitrogens with zero attached hydrogens (tertiary/aromatic N) is 3. The molecule has 0 bridgehead atoms. The third-order valence-corrected chi connectivity index (χ3v) is 3.23. The molecule has 0 spiro atoms. The van der Waals surface area contributed by atoms with Crippen LogP contribution in [0.5, 0.6) is 0 Å². The first-order valence-electron chi connectivity index (χ1n) is 6.57. The number of esters is 1. The Bertz CT molecular complexity index is 444. The number of nitrogens with one attached hydrogen (secondary N) is 1. The number of carbonyl (C=O) groups is 1. The predicted molar refractivity (Wildman–Crippen MR) is 72.9 cm³/mol. The van der Waals surface area contributed by atoms with Crippen molar-refractivity contribution in [1.29, 1.82) is 0 Å². The summed E-state index contributed by atoms with van der Waals surface area (Å²) in [5, 5.41) is 7.57. The Morgan fingerprint density at radius 1 is 1.53 bits per heavy atom. The molecule has 2 atom stereocenters. The highest BCUT2D eigenvalue weighted by Crippen LogP contribution is 2.22. The van der Waals surface area contributed by atoms with E-state index < -0.39 is 5.54 Å². The summed E-state index contributed by atoms with van der Waals surface area (Å²) in [5.41, 5.74) is -0.713. The number of methoxy groups -OCH3 is 1. The summed E-state index contributed by atoms with van der Waals surface area (Å²) in [6.45, 7) is 10.3. The molecule has 0 saturated heterocycles. The van der Waals surface area contributed by atoms with Crippen LogP contribution in [0.15, 0.2) is 0 Å². The molecule has 108 valence electrons. The van der Waals surface area contributed by atoms with Gasteiger partial charge in [0.1, 0.15) is 17.2 Å². The normalized spacial score (nSPS) is 15.9. The van der Waals surface area contributed by atoms with Crippen LogP contribution >= 0.6 is 0 Å². The average molecular weight is 268 g/mol. The minimum absolute atomic E-state index is 0.0596. The molecule has 2 unspecified atom stereocenters. The van der Waals surface area contributed by atoms with Crippen LogP contribution in [0.25, 0.3) is 0 Å². The number of likely N-dealkylation sites (N-methyl/N-ethyl adjacent to an activating group) is 1. The summed E-state index contributed by atoms with van der Waals surface area (Å²) < 4.78 is 6.75. The van der Waals surface area contributed by atoms with Crippen LogP contribution in [-0.4, -0.2) is 39.9 Å². The fourth-order valence-electron chi connectivity index (χ4n) is 2.47. The highest BCUT2D eigenvalue weighted by Gasteiger charge is 2.35. The van der Waals surface area contributed by atoms with Gasteiger partial charge in [0.15, 0.2) is 0 Å². The van der Waals surface area contributed by atoms with Crippen LogP contribution in [0.1, 0.15) is 44.9 Å². The number of ether oxygens (including phenoxy) is 1. The second-order valence-corrected chi connectivity index (χ2v) is 5.06. The van der Waals surface area contributed by atoms with E-state index in [1.165, 1.54) is 7.11 Å². The number of aryl methyl sites for hydroxylation is 2. The maximum Gasteiger partial charge on any atom is 0.325 e. The van der Waals surface area contributed by atoms with Crippen LogP contribution in [0, 0.1) is 13.8 Å². The molecule has 1 rings (SSSR count). The second-order valence-electron chi connectivity index (χ2n) is 5.06. The first-order valence-corrected chi connectivity index (χ1v) is 6.57. The average Bonchev–Trinajstić information content (AvgIpc) is 2.67. The first-order chi connectivity index (χ1) is 8.84. The number of aromatic nitrogens is 3. The van der Waals surface area contributed by atoms with Gasteiger partial charge < -0.3 is 10.1 Å². The highest BCUT2D eigenvalue weighted by molar-refractivity contribution is 5.80. The number of carbonyl (C=O) groups excluding carboxylic acids is 1. The van der Waals surface area contributed by atoms with E-state index in [0.717, 1.165) is 11.6 Å². The highest BCUT2D eigenvalue weighted by atomic mass is 16.5.